The lowest BCUT2D eigenvalue weighted by atomic mass is 10.2. The molecule has 0 unspecified atom stereocenters. The summed E-state index contributed by atoms with van der Waals surface area (Å²) in [6.07, 6.45) is -8.58. The smallest absolute Gasteiger partial charge is 0.325 e. The molecule has 0 atom stereocenters. The van der Waals surface area contributed by atoms with Crippen molar-refractivity contribution in [3.05, 3.63) is 59.7 Å². The summed E-state index contributed by atoms with van der Waals surface area (Å²) in [7, 11) is -4.14. The number of anilines is 2. The predicted molar refractivity (Wildman–Crippen MR) is 93.7 cm³/mol. The fourth-order valence-corrected chi connectivity index (χ4v) is 3.16. The summed E-state index contributed by atoms with van der Waals surface area (Å²) < 4.78 is 101. The number of nitrogens with one attached hydrogen (secondary N) is 1. The maximum absolute atomic E-state index is 12.9. The topological polar surface area (TPSA) is 66.5 Å². The van der Waals surface area contributed by atoms with Gasteiger partial charge < -0.3 is 5.32 Å². The fourth-order valence-electron chi connectivity index (χ4n) is 2.31. The van der Waals surface area contributed by atoms with E-state index in [-0.39, 0.29) is 11.4 Å². The van der Waals surface area contributed by atoms with Crippen LogP contribution >= 0.6 is 0 Å². The van der Waals surface area contributed by atoms with Crippen LogP contribution in [-0.4, -0.2) is 27.1 Å². The van der Waals surface area contributed by atoms with Crippen LogP contribution in [0.1, 0.15) is 11.1 Å². The Morgan fingerprint density at radius 2 is 1.48 bits per heavy atom. The van der Waals surface area contributed by atoms with Crippen LogP contribution in [0.15, 0.2) is 48.5 Å². The maximum atomic E-state index is 12.9. The SMILES string of the molecule is CS(=O)(=O)N(CC(=O)Nc1ccc(C(F)(F)F)cc1)c1cccc(C(F)(F)F)c1. The zero-order chi connectivity index (χ0) is 22.0. The van der Waals surface area contributed by atoms with Crippen molar-refractivity contribution in [3.63, 3.8) is 0 Å². The Hall–Kier alpha value is -2.76. The molecule has 0 saturated heterocycles. The number of carbonyl (C=O) groups excluding carboxylic acids is 1. The Kier molecular flexibility index (Phi) is 6.16. The van der Waals surface area contributed by atoms with Crippen molar-refractivity contribution in [1.82, 2.24) is 0 Å². The average molecular weight is 440 g/mol. The minimum absolute atomic E-state index is 0.0412. The lowest BCUT2D eigenvalue weighted by Crippen LogP contribution is -2.37. The minimum Gasteiger partial charge on any atom is -0.325 e. The first-order valence-corrected chi connectivity index (χ1v) is 9.65. The van der Waals surface area contributed by atoms with Crippen LogP contribution in [0.3, 0.4) is 0 Å². The number of alkyl halides is 6. The van der Waals surface area contributed by atoms with Crippen LogP contribution in [0.4, 0.5) is 37.7 Å². The molecule has 0 aliphatic carbocycles. The van der Waals surface area contributed by atoms with Crippen LogP contribution in [0.5, 0.6) is 0 Å². The second kappa shape index (κ2) is 7.93. The number of amides is 1. The molecule has 0 aliphatic rings. The van der Waals surface area contributed by atoms with E-state index in [9.17, 15) is 39.6 Å². The van der Waals surface area contributed by atoms with Crippen molar-refractivity contribution >= 4 is 27.3 Å². The van der Waals surface area contributed by atoms with Gasteiger partial charge in [-0.2, -0.15) is 26.3 Å². The third-order valence-electron chi connectivity index (χ3n) is 3.64. The number of rotatable bonds is 5. The van der Waals surface area contributed by atoms with E-state index in [0.29, 0.717) is 16.6 Å². The van der Waals surface area contributed by atoms with Gasteiger partial charge in [0.1, 0.15) is 6.54 Å². The summed E-state index contributed by atoms with van der Waals surface area (Å²) in [6.45, 7) is -0.874. The van der Waals surface area contributed by atoms with Crippen molar-refractivity contribution in [2.45, 2.75) is 12.4 Å². The van der Waals surface area contributed by atoms with E-state index in [0.717, 1.165) is 42.5 Å². The Bertz CT molecular complexity index is 985. The van der Waals surface area contributed by atoms with Crippen LogP contribution in [0.2, 0.25) is 0 Å². The van der Waals surface area contributed by atoms with Gasteiger partial charge in [-0.1, -0.05) is 6.07 Å². The second-order valence-corrected chi connectivity index (χ2v) is 7.85. The molecule has 12 heteroatoms. The van der Waals surface area contributed by atoms with Crippen LogP contribution < -0.4 is 9.62 Å². The van der Waals surface area contributed by atoms with Crippen molar-refractivity contribution in [2.75, 3.05) is 22.4 Å². The molecular formula is C17H14F6N2O3S. The van der Waals surface area contributed by atoms with Gasteiger partial charge in [-0.3, -0.25) is 9.10 Å². The van der Waals surface area contributed by atoms with Crippen molar-refractivity contribution in [2.24, 2.45) is 0 Å². The van der Waals surface area contributed by atoms with Crippen LogP contribution in [0.25, 0.3) is 0 Å². The molecule has 0 spiro atoms. The zero-order valence-electron chi connectivity index (χ0n) is 14.7. The summed E-state index contributed by atoms with van der Waals surface area (Å²) >= 11 is 0. The van der Waals surface area contributed by atoms with E-state index >= 15 is 0 Å². The van der Waals surface area contributed by atoms with Gasteiger partial charge in [-0.05, 0) is 42.5 Å². The number of benzene rings is 2. The van der Waals surface area contributed by atoms with Gasteiger partial charge in [0.15, 0.2) is 0 Å². The van der Waals surface area contributed by atoms with Gasteiger partial charge in [0.25, 0.3) is 0 Å². The lowest BCUT2D eigenvalue weighted by molar-refractivity contribution is -0.138. The number of hydrogen-bond acceptors (Lipinski definition) is 3. The van der Waals surface area contributed by atoms with Gasteiger partial charge in [0.05, 0.1) is 23.1 Å². The average Bonchev–Trinajstić information content (AvgIpc) is 2.58. The Morgan fingerprint density at radius 1 is 0.931 bits per heavy atom. The molecule has 5 nitrogen and oxygen atoms in total. The van der Waals surface area contributed by atoms with E-state index < -0.39 is 46.0 Å². The third kappa shape index (κ3) is 6.11. The number of carbonyl (C=O) groups is 1. The van der Waals surface area contributed by atoms with E-state index in [1.165, 1.54) is 0 Å². The normalized spacial score (nSPS) is 12.5. The van der Waals surface area contributed by atoms with Crippen molar-refractivity contribution in [1.29, 1.82) is 0 Å². The number of sulfonamides is 1. The minimum atomic E-state index is -4.72. The molecule has 29 heavy (non-hydrogen) atoms. The van der Waals surface area contributed by atoms with E-state index in [1.54, 1.807) is 0 Å². The Labute approximate surface area is 162 Å². The molecular weight excluding hydrogens is 426 g/mol. The van der Waals surface area contributed by atoms with Gasteiger partial charge in [-0.25, -0.2) is 8.42 Å². The highest BCUT2D eigenvalue weighted by Gasteiger charge is 2.32. The summed E-state index contributed by atoms with van der Waals surface area (Å²) in [5, 5.41) is 2.20. The molecule has 2 rings (SSSR count). The van der Waals surface area contributed by atoms with Crippen molar-refractivity contribution < 1.29 is 39.6 Å². The van der Waals surface area contributed by atoms with E-state index in [4.69, 9.17) is 0 Å². The zero-order valence-corrected chi connectivity index (χ0v) is 15.5. The number of hydrogen-bond donors (Lipinski definition) is 1. The first-order valence-electron chi connectivity index (χ1n) is 7.80. The first-order chi connectivity index (χ1) is 13.2. The molecule has 0 radical (unpaired) electrons. The summed E-state index contributed by atoms with van der Waals surface area (Å²) in [4.78, 5) is 12.1. The largest absolute Gasteiger partial charge is 0.416 e. The Balaban J connectivity index is 2.22. The molecule has 1 amide bonds. The second-order valence-electron chi connectivity index (χ2n) is 5.94. The molecule has 2 aromatic rings. The van der Waals surface area contributed by atoms with Crippen molar-refractivity contribution in [3.8, 4) is 0 Å². The van der Waals surface area contributed by atoms with Gasteiger partial charge in [0, 0.05) is 5.69 Å². The highest BCUT2D eigenvalue weighted by Crippen LogP contribution is 2.32. The molecule has 0 aromatic heterocycles. The monoisotopic (exact) mass is 440 g/mol. The van der Waals surface area contributed by atoms with E-state index in [2.05, 4.69) is 5.32 Å². The first kappa shape index (κ1) is 22.5. The highest BCUT2D eigenvalue weighted by molar-refractivity contribution is 7.92. The summed E-state index contributed by atoms with van der Waals surface area (Å²) in [6, 6.07) is 6.77. The molecule has 1 N–H and O–H groups in total. The molecule has 0 heterocycles. The Morgan fingerprint density at radius 3 is 1.97 bits per heavy atom. The molecule has 0 bridgehead atoms. The van der Waals surface area contributed by atoms with Gasteiger partial charge >= 0.3 is 12.4 Å². The fraction of sp³-hybridized carbons (Fsp3) is 0.235. The summed E-state index contributed by atoms with van der Waals surface area (Å²) in [5.41, 5.74) is -2.48. The van der Waals surface area contributed by atoms with Crippen LogP contribution in [-0.2, 0) is 27.2 Å². The molecule has 158 valence electrons. The third-order valence-corrected chi connectivity index (χ3v) is 4.79. The molecule has 2 aromatic carbocycles. The number of nitrogens with zero attached hydrogens (tertiary/aromatic N) is 1. The standard InChI is InChI=1S/C17H14F6N2O3S/c1-29(27,28)25(14-4-2-3-12(9-14)17(21,22)23)10-15(26)24-13-7-5-11(6-8-13)16(18,19)20/h2-9H,10H2,1H3,(H,24,26). The van der Waals surface area contributed by atoms with E-state index in [1.807, 2.05) is 0 Å². The maximum Gasteiger partial charge on any atom is 0.416 e. The van der Waals surface area contributed by atoms with Gasteiger partial charge in [-0.15, -0.1) is 0 Å². The molecule has 0 aliphatic heterocycles. The molecule has 0 fully saturated rings. The molecule has 0 saturated carbocycles. The lowest BCUT2D eigenvalue weighted by Gasteiger charge is -2.23. The quantitative estimate of drug-likeness (QED) is 0.712. The summed E-state index contributed by atoms with van der Waals surface area (Å²) in [5.74, 6) is -0.951. The highest BCUT2D eigenvalue weighted by atomic mass is 32.2. The number of halogens is 6. The van der Waals surface area contributed by atoms with Crippen LogP contribution in [0, 0.1) is 0 Å². The predicted octanol–water partition coefficient (Wildman–Crippen LogP) is 4.13. The van der Waals surface area contributed by atoms with Gasteiger partial charge in [0.2, 0.25) is 15.9 Å².